The molecule has 1 aromatic carbocycles. The van der Waals surface area contributed by atoms with Gasteiger partial charge < -0.3 is 19.7 Å². The number of rotatable bonds is 5. The van der Waals surface area contributed by atoms with E-state index in [4.69, 9.17) is 4.74 Å². The Morgan fingerprint density at radius 3 is 2.61 bits per heavy atom. The highest BCUT2D eigenvalue weighted by atomic mass is 19.4. The van der Waals surface area contributed by atoms with Crippen molar-refractivity contribution >= 4 is 11.7 Å². The number of carbonyl (C=O) groups is 1. The summed E-state index contributed by atoms with van der Waals surface area (Å²) < 4.78 is 46.2. The summed E-state index contributed by atoms with van der Waals surface area (Å²) in [6.07, 6.45) is -1.43. The number of nitrogens with zero attached hydrogens (tertiary/aromatic N) is 2. The fourth-order valence-corrected chi connectivity index (χ4v) is 3.07. The third-order valence-electron chi connectivity index (χ3n) is 4.39. The summed E-state index contributed by atoms with van der Waals surface area (Å²) in [5, 5.41) is 2.73. The van der Waals surface area contributed by atoms with Gasteiger partial charge in [0.05, 0.1) is 25.0 Å². The molecule has 2 amide bonds. The third-order valence-corrected chi connectivity index (χ3v) is 4.39. The molecule has 1 unspecified atom stereocenters. The Balaban J connectivity index is 1.61. The number of hydrogen-bond acceptors (Lipinski definition) is 4. The number of amides is 2. The van der Waals surface area contributed by atoms with E-state index in [2.05, 4.69) is 15.0 Å². The lowest BCUT2D eigenvalue weighted by Crippen LogP contribution is -2.34. The van der Waals surface area contributed by atoms with E-state index in [1.54, 1.807) is 12.0 Å². The van der Waals surface area contributed by atoms with Crippen molar-refractivity contribution in [3.63, 3.8) is 0 Å². The molecule has 1 atom stereocenters. The van der Waals surface area contributed by atoms with Crippen LogP contribution in [0.25, 0.3) is 0 Å². The summed E-state index contributed by atoms with van der Waals surface area (Å²) in [5.41, 5.74) is 1.40. The fourth-order valence-electron chi connectivity index (χ4n) is 3.07. The lowest BCUT2D eigenvalue weighted by Gasteiger charge is -2.25. The Morgan fingerprint density at radius 1 is 1.25 bits per heavy atom. The van der Waals surface area contributed by atoms with E-state index in [-0.39, 0.29) is 18.0 Å². The van der Waals surface area contributed by atoms with Crippen molar-refractivity contribution in [2.75, 3.05) is 25.6 Å². The smallest absolute Gasteiger partial charge is 0.422 e. The molecule has 9 heteroatoms. The molecular formula is C19H20F3N3O3. The molecular weight excluding hydrogens is 375 g/mol. The molecule has 1 saturated heterocycles. The van der Waals surface area contributed by atoms with Gasteiger partial charge in [-0.3, -0.25) is 0 Å². The van der Waals surface area contributed by atoms with Crippen molar-refractivity contribution in [3.05, 3.63) is 48.2 Å². The molecule has 1 N–H and O–H groups in total. The monoisotopic (exact) mass is 395 g/mol. The Bertz CT molecular complexity index is 795. The van der Waals surface area contributed by atoms with E-state index in [1.165, 1.54) is 18.3 Å². The molecule has 0 saturated carbocycles. The van der Waals surface area contributed by atoms with Crippen LogP contribution in [0.3, 0.4) is 0 Å². The molecule has 0 spiro atoms. The molecule has 1 aliphatic heterocycles. The van der Waals surface area contributed by atoms with Gasteiger partial charge in [0.15, 0.2) is 6.61 Å². The molecule has 3 rings (SSSR count). The second kappa shape index (κ2) is 8.37. The van der Waals surface area contributed by atoms with Gasteiger partial charge in [-0.1, -0.05) is 12.1 Å². The van der Waals surface area contributed by atoms with Gasteiger partial charge in [0.1, 0.15) is 5.75 Å². The SMILES string of the molecule is COc1ccc(C2CCCN2C(=O)Nc2ccc(OCC(F)(F)F)nc2)cc1. The quantitative estimate of drug-likeness (QED) is 0.815. The van der Waals surface area contributed by atoms with Crippen LogP contribution in [0.2, 0.25) is 0 Å². The van der Waals surface area contributed by atoms with Gasteiger partial charge in [-0.2, -0.15) is 13.2 Å². The maximum atomic E-state index is 12.6. The summed E-state index contributed by atoms with van der Waals surface area (Å²) in [7, 11) is 1.60. The lowest BCUT2D eigenvalue weighted by molar-refractivity contribution is -0.154. The summed E-state index contributed by atoms with van der Waals surface area (Å²) in [6.45, 7) is -0.800. The number of urea groups is 1. The predicted molar refractivity (Wildman–Crippen MR) is 96.5 cm³/mol. The zero-order valence-corrected chi connectivity index (χ0v) is 15.2. The van der Waals surface area contributed by atoms with E-state index < -0.39 is 12.8 Å². The molecule has 28 heavy (non-hydrogen) atoms. The van der Waals surface area contributed by atoms with Crippen LogP contribution in [0.15, 0.2) is 42.6 Å². The minimum Gasteiger partial charge on any atom is -0.497 e. The number of carbonyl (C=O) groups excluding carboxylic acids is 1. The van der Waals surface area contributed by atoms with Gasteiger partial charge in [-0.15, -0.1) is 0 Å². The Hall–Kier alpha value is -2.97. The first-order chi connectivity index (χ1) is 13.4. The van der Waals surface area contributed by atoms with Crippen molar-refractivity contribution in [1.82, 2.24) is 9.88 Å². The number of aromatic nitrogens is 1. The first-order valence-electron chi connectivity index (χ1n) is 8.73. The number of hydrogen-bond donors (Lipinski definition) is 1. The number of benzene rings is 1. The molecule has 150 valence electrons. The van der Waals surface area contributed by atoms with Gasteiger partial charge in [0, 0.05) is 12.6 Å². The van der Waals surface area contributed by atoms with Crippen LogP contribution < -0.4 is 14.8 Å². The number of methoxy groups -OCH3 is 1. The van der Waals surface area contributed by atoms with E-state index in [9.17, 15) is 18.0 Å². The highest BCUT2D eigenvalue weighted by molar-refractivity contribution is 5.89. The molecule has 6 nitrogen and oxygen atoms in total. The molecule has 1 fully saturated rings. The minimum absolute atomic E-state index is 0.0479. The van der Waals surface area contributed by atoms with Gasteiger partial charge in [-0.25, -0.2) is 9.78 Å². The van der Waals surface area contributed by atoms with Crippen molar-refractivity contribution in [2.45, 2.75) is 25.1 Å². The van der Waals surface area contributed by atoms with Crippen molar-refractivity contribution < 1.29 is 27.4 Å². The van der Waals surface area contributed by atoms with E-state index in [0.29, 0.717) is 12.2 Å². The molecule has 2 heterocycles. The van der Waals surface area contributed by atoms with Crippen molar-refractivity contribution in [2.24, 2.45) is 0 Å². The Labute approximate surface area is 160 Å². The molecule has 0 aliphatic carbocycles. The second-order valence-electron chi connectivity index (χ2n) is 6.34. The van der Waals surface area contributed by atoms with Crippen LogP contribution >= 0.6 is 0 Å². The van der Waals surface area contributed by atoms with Gasteiger partial charge in [0.25, 0.3) is 0 Å². The first-order valence-corrected chi connectivity index (χ1v) is 8.73. The molecule has 1 aliphatic rings. The summed E-state index contributed by atoms with van der Waals surface area (Å²) in [5.74, 6) is 0.587. The van der Waals surface area contributed by atoms with Crippen LogP contribution in [0.4, 0.5) is 23.7 Å². The van der Waals surface area contributed by atoms with Crippen LogP contribution in [-0.2, 0) is 0 Å². The van der Waals surface area contributed by atoms with E-state index >= 15 is 0 Å². The number of nitrogens with one attached hydrogen (secondary N) is 1. The average Bonchev–Trinajstić information content (AvgIpc) is 3.17. The van der Waals surface area contributed by atoms with Gasteiger partial charge in [-0.05, 0) is 36.6 Å². The van der Waals surface area contributed by atoms with Crippen molar-refractivity contribution in [1.29, 1.82) is 0 Å². The standard InChI is InChI=1S/C19H20F3N3O3/c1-27-15-7-4-13(5-8-15)16-3-2-10-25(16)18(26)24-14-6-9-17(23-11-14)28-12-19(20,21)22/h4-9,11,16H,2-3,10,12H2,1H3,(H,24,26). The molecule has 1 aromatic heterocycles. The Morgan fingerprint density at radius 2 is 2.00 bits per heavy atom. The third kappa shape index (κ3) is 5.05. The molecule has 0 bridgehead atoms. The number of anilines is 1. The number of pyridine rings is 1. The van der Waals surface area contributed by atoms with Gasteiger partial charge in [0.2, 0.25) is 5.88 Å². The Kier molecular flexibility index (Phi) is 5.91. The highest BCUT2D eigenvalue weighted by Gasteiger charge is 2.30. The fraction of sp³-hybridized carbons (Fsp3) is 0.368. The maximum Gasteiger partial charge on any atom is 0.422 e. The number of likely N-dealkylation sites (tertiary alicyclic amines) is 1. The summed E-state index contributed by atoms with van der Waals surface area (Å²) in [4.78, 5) is 18.2. The number of halogens is 3. The minimum atomic E-state index is -4.43. The topological polar surface area (TPSA) is 63.7 Å². The number of ether oxygens (including phenoxy) is 2. The van der Waals surface area contributed by atoms with Gasteiger partial charge >= 0.3 is 12.2 Å². The van der Waals surface area contributed by atoms with Crippen molar-refractivity contribution in [3.8, 4) is 11.6 Å². The van der Waals surface area contributed by atoms with Crippen LogP contribution in [0.5, 0.6) is 11.6 Å². The highest BCUT2D eigenvalue weighted by Crippen LogP contribution is 2.33. The molecule has 0 radical (unpaired) electrons. The van der Waals surface area contributed by atoms with Crippen LogP contribution in [0, 0.1) is 0 Å². The zero-order chi connectivity index (χ0) is 20.1. The normalized spacial score (nSPS) is 16.7. The zero-order valence-electron chi connectivity index (χ0n) is 15.2. The van der Waals surface area contributed by atoms with E-state index in [1.807, 2.05) is 24.3 Å². The van der Waals surface area contributed by atoms with Crippen LogP contribution in [0.1, 0.15) is 24.4 Å². The molecule has 2 aromatic rings. The predicted octanol–water partition coefficient (Wildman–Crippen LogP) is 4.40. The average molecular weight is 395 g/mol. The summed E-state index contributed by atoms with van der Waals surface area (Å²) >= 11 is 0. The van der Waals surface area contributed by atoms with E-state index in [0.717, 1.165) is 24.2 Å². The largest absolute Gasteiger partial charge is 0.497 e. The number of alkyl halides is 3. The summed E-state index contributed by atoms with van der Waals surface area (Å²) in [6, 6.07) is 9.98. The van der Waals surface area contributed by atoms with Crippen LogP contribution in [-0.4, -0.2) is 42.4 Å². The first kappa shape index (κ1) is 19.8. The second-order valence-corrected chi connectivity index (χ2v) is 6.34. The lowest BCUT2D eigenvalue weighted by atomic mass is 10.0. The maximum absolute atomic E-state index is 12.6.